The van der Waals surface area contributed by atoms with Crippen molar-refractivity contribution in [1.82, 2.24) is 0 Å². The molecule has 102 valence electrons. The zero-order valence-corrected chi connectivity index (χ0v) is 11.5. The Morgan fingerprint density at radius 2 is 1.72 bits per heavy atom. The number of benzene rings is 1. The van der Waals surface area contributed by atoms with Gasteiger partial charge in [-0.2, -0.15) is 0 Å². The van der Waals surface area contributed by atoms with Gasteiger partial charge < -0.3 is 19.3 Å². The van der Waals surface area contributed by atoms with Crippen LogP contribution < -0.4 is 0 Å². The molecule has 0 amide bonds. The van der Waals surface area contributed by atoms with E-state index in [2.05, 4.69) is 0 Å². The fourth-order valence-corrected chi connectivity index (χ4v) is 2.73. The zero-order valence-electron chi connectivity index (χ0n) is 10.6. The van der Waals surface area contributed by atoms with Gasteiger partial charge in [0.15, 0.2) is 5.79 Å². The Bertz CT molecular complexity index is 396. The fraction of sp³-hybridized carbons (Fsp3) is 0.500. The lowest BCUT2D eigenvalue weighted by molar-refractivity contribution is -0.160. The maximum absolute atomic E-state index is 11.8. The molecule has 0 spiro atoms. The first-order valence-electron chi connectivity index (χ1n) is 5.60. The van der Waals surface area contributed by atoms with E-state index in [0.717, 1.165) is 5.56 Å². The van der Waals surface area contributed by atoms with E-state index in [0.29, 0.717) is 0 Å². The highest BCUT2D eigenvalue weighted by Gasteiger charge is 2.30. The number of hydrogen-bond acceptors (Lipinski definition) is 5. The van der Waals surface area contributed by atoms with E-state index in [1.54, 1.807) is 12.1 Å². The molecule has 1 aromatic carbocycles. The topological polar surface area (TPSA) is 76.0 Å². The summed E-state index contributed by atoms with van der Waals surface area (Å²) in [4.78, 5) is 0. The van der Waals surface area contributed by atoms with Crippen molar-refractivity contribution in [3.8, 4) is 0 Å². The predicted octanol–water partition coefficient (Wildman–Crippen LogP) is 1.79. The summed E-state index contributed by atoms with van der Waals surface area (Å²) in [7, 11) is -0.651. The molecule has 1 aromatic rings. The molecular formula is C12H19O5P. The second kappa shape index (κ2) is 6.45. The van der Waals surface area contributed by atoms with Crippen molar-refractivity contribution in [2.24, 2.45) is 0 Å². The van der Waals surface area contributed by atoms with Gasteiger partial charge in [-0.25, -0.2) is 0 Å². The van der Waals surface area contributed by atoms with Crippen molar-refractivity contribution >= 4 is 7.60 Å². The van der Waals surface area contributed by atoms with Gasteiger partial charge in [-0.3, -0.25) is 4.57 Å². The molecule has 5 nitrogen and oxygen atoms in total. The van der Waals surface area contributed by atoms with Gasteiger partial charge in [0, 0.05) is 27.1 Å². The summed E-state index contributed by atoms with van der Waals surface area (Å²) in [5.41, 5.74) is 0.798. The van der Waals surface area contributed by atoms with Crippen LogP contribution in [0.3, 0.4) is 0 Å². The molecule has 0 bridgehead atoms. The lowest BCUT2D eigenvalue weighted by Gasteiger charge is -2.23. The maximum Gasteiger partial charge on any atom is 0.330 e. The molecule has 0 heterocycles. The molecule has 0 aromatic heterocycles. The highest BCUT2D eigenvalue weighted by Crippen LogP contribution is 2.47. The summed E-state index contributed by atoms with van der Waals surface area (Å²) in [5, 5.41) is 19.7. The molecule has 0 saturated heterocycles. The average molecular weight is 274 g/mol. The van der Waals surface area contributed by atoms with E-state index in [9.17, 15) is 14.8 Å². The predicted molar refractivity (Wildman–Crippen MR) is 68.4 cm³/mol. The number of aliphatic hydroxyl groups is 2. The van der Waals surface area contributed by atoms with Crippen LogP contribution in [0.1, 0.15) is 12.0 Å². The van der Waals surface area contributed by atoms with E-state index in [4.69, 9.17) is 9.05 Å². The van der Waals surface area contributed by atoms with Gasteiger partial charge in [-0.1, -0.05) is 30.3 Å². The van der Waals surface area contributed by atoms with Crippen LogP contribution >= 0.6 is 7.60 Å². The third-order valence-electron chi connectivity index (χ3n) is 2.67. The molecule has 0 atom stereocenters. The molecule has 6 heteroatoms. The highest BCUT2D eigenvalue weighted by atomic mass is 31.2. The molecule has 2 N–H and O–H groups in total. The van der Waals surface area contributed by atoms with Crippen molar-refractivity contribution in [3.05, 3.63) is 35.9 Å². The largest absolute Gasteiger partial charge is 0.365 e. The van der Waals surface area contributed by atoms with Crippen molar-refractivity contribution < 1.29 is 23.8 Å². The first kappa shape index (κ1) is 15.3. The van der Waals surface area contributed by atoms with Crippen LogP contribution in [-0.4, -0.2) is 36.4 Å². The normalized spacial score (nSPS) is 12.7. The van der Waals surface area contributed by atoms with Crippen LogP contribution in [0.4, 0.5) is 0 Å². The Kier molecular flexibility index (Phi) is 5.50. The van der Waals surface area contributed by atoms with Crippen LogP contribution in [0.2, 0.25) is 0 Å². The van der Waals surface area contributed by atoms with E-state index in [1.807, 2.05) is 18.2 Å². The molecule has 0 radical (unpaired) electrons. The molecule has 0 fully saturated rings. The van der Waals surface area contributed by atoms with Crippen LogP contribution in [0, 0.1) is 0 Å². The Balaban J connectivity index is 2.57. The first-order valence-corrected chi connectivity index (χ1v) is 7.33. The minimum absolute atomic E-state index is 0.0418. The third kappa shape index (κ3) is 4.88. The van der Waals surface area contributed by atoms with E-state index < -0.39 is 13.4 Å². The molecule has 0 aliphatic rings. The molecule has 0 aliphatic heterocycles. The van der Waals surface area contributed by atoms with E-state index in [1.165, 1.54) is 14.2 Å². The number of hydrogen-bond donors (Lipinski definition) is 2. The maximum atomic E-state index is 11.8. The summed E-state index contributed by atoms with van der Waals surface area (Å²) in [5.74, 6) is -1.92. The Morgan fingerprint density at radius 3 is 2.22 bits per heavy atom. The monoisotopic (exact) mass is 274 g/mol. The Labute approximate surface area is 107 Å². The van der Waals surface area contributed by atoms with Crippen molar-refractivity contribution in [1.29, 1.82) is 0 Å². The smallest absolute Gasteiger partial charge is 0.330 e. The Morgan fingerprint density at radius 1 is 1.17 bits per heavy atom. The molecule has 1 rings (SSSR count). The molecule has 18 heavy (non-hydrogen) atoms. The van der Waals surface area contributed by atoms with Gasteiger partial charge in [0.2, 0.25) is 0 Å². The van der Waals surface area contributed by atoms with Gasteiger partial charge in [-0.15, -0.1) is 0 Å². The summed E-state index contributed by atoms with van der Waals surface area (Å²) < 4.78 is 21.3. The lowest BCUT2D eigenvalue weighted by atomic mass is 10.0. The first-order chi connectivity index (χ1) is 8.41. The van der Waals surface area contributed by atoms with Gasteiger partial charge in [-0.05, 0) is 5.56 Å². The molecule has 0 saturated carbocycles. The van der Waals surface area contributed by atoms with Crippen molar-refractivity contribution in [3.63, 3.8) is 0 Å². The van der Waals surface area contributed by atoms with Crippen LogP contribution in [0.5, 0.6) is 0 Å². The van der Waals surface area contributed by atoms with Gasteiger partial charge in [0.1, 0.15) is 0 Å². The van der Waals surface area contributed by atoms with Gasteiger partial charge in [0.25, 0.3) is 0 Å². The van der Waals surface area contributed by atoms with Crippen LogP contribution in [0.25, 0.3) is 0 Å². The second-order valence-corrected chi connectivity index (χ2v) is 6.49. The number of rotatable bonds is 7. The van der Waals surface area contributed by atoms with Crippen LogP contribution in [-0.2, 0) is 20.0 Å². The summed E-state index contributed by atoms with van der Waals surface area (Å²) >= 11 is 0. The highest BCUT2D eigenvalue weighted by molar-refractivity contribution is 7.53. The van der Waals surface area contributed by atoms with Gasteiger partial charge in [0.05, 0.1) is 6.16 Å². The van der Waals surface area contributed by atoms with E-state index >= 15 is 0 Å². The molecule has 0 aliphatic carbocycles. The standard InChI is InChI=1S/C12H19O5P/c1-16-18(15,17-2)9-8-12(13,14)10-11-6-4-3-5-7-11/h3-7,13-14H,8-10H2,1-2H3. The fourth-order valence-electron chi connectivity index (χ4n) is 1.58. The van der Waals surface area contributed by atoms with E-state index in [-0.39, 0.29) is 19.0 Å². The molecule has 0 unspecified atom stereocenters. The average Bonchev–Trinajstić information content (AvgIpc) is 2.37. The lowest BCUT2D eigenvalue weighted by Crippen LogP contribution is -2.32. The van der Waals surface area contributed by atoms with Crippen molar-refractivity contribution in [2.75, 3.05) is 20.4 Å². The molecular weight excluding hydrogens is 255 g/mol. The van der Waals surface area contributed by atoms with Crippen molar-refractivity contribution in [2.45, 2.75) is 18.6 Å². The summed E-state index contributed by atoms with van der Waals surface area (Å²) in [6, 6.07) is 9.09. The Hall–Kier alpha value is -0.710. The van der Waals surface area contributed by atoms with Crippen LogP contribution in [0.15, 0.2) is 30.3 Å². The zero-order chi connectivity index (χ0) is 13.6. The minimum atomic E-state index is -3.20. The summed E-state index contributed by atoms with van der Waals surface area (Å²) in [6.45, 7) is 0. The quantitative estimate of drug-likeness (QED) is 0.585. The second-order valence-electron chi connectivity index (χ2n) is 4.09. The van der Waals surface area contributed by atoms with Gasteiger partial charge >= 0.3 is 7.60 Å². The third-order valence-corrected chi connectivity index (χ3v) is 4.56. The SMILES string of the molecule is COP(=O)(CCC(O)(O)Cc1ccccc1)OC. The summed E-state index contributed by atoms with van der Waals surface area (Å²) in [6.07, 6.45) is -0.0536. The minimum Gasteiger partial charge on any atom is -0.365 e.